The Labute approximate surface area is 106 Å². The fraction of sp³-hybridized carbons (Fsp3) is 0.500. The molecule has 1 aromatic rings. The van der Waals surface area contributed by atoms with E-state index >= 15 is 0 Å². The van der Waals surface area contributed by atoms with Gasteiger partial charge in [-0.05, 0) is 27.7 Å². The van der Waals surface area contributed by atoms with Crippen molar-refractivity contribution in [3.63, 3.8) is 0 Å². The first-order valence-electron chi connectivity index (χ1n) is 5.58. The van der Waals surface area contributed by atoms with Crippen LogP contribution in [0.3, 0.4) is 0 Å². The molecule has 0 aliphatic heterocycles. The number of ether oxygens (including phenoxy) is 1. The van der Waals surface area contributed by atoms with Crippen LogP contribution in [0.15, 0.2) is 18.6 Å². The van der Waals surface area contributed by atoms with Crippen molar-refractivity contribution in [1.29, 1.82) is 0 Å². The predicted octanol–water partition coefficient (Wildman–Crippen LogP) is 0.937. The zero-order valence-electron chi connectivity index (χ0n) is 10.9. The largest absolute Gasteiger partial charge is 0.448 e. The number of rotatable bonds is 3. The van der Waals surface area contributed by atoms with Gasteiger partial charge in [-0.2, -0.15) is 0 Å². The Balaban J connectivity index is 2.58. The maximum absolute atomic E-state index is 11.7. The van der Waals surface area contributed by atoms with Crippen LogP contribution in [0.2, 0.25) is 0 Å². The number of hydrogen-bond donors (Lipinski definition) is 1. The first-order valence-corrected chi connectivity index (χ1v) is 5.58. The van der Waals surface area contributed by atoms with Gasteiger partial charge in [0.05, 0.1) is 6.20 Å². The lowest BCUT2D eigenvalue weighted by Gasteiger charge is -2.23. The third kappa shape index (κ3) is 4.48. The van der Waals surface area contributed by atoms with Gasteiger partial charge < -0.3 is 10.1 Å². The molecule has 1 rings (SSSR count). The van der Waals surface area contributed by atoms with E-state index in [0.717, 1.165) is 0 Å². The summed E-state index contributed by atoms with van der Waals surface area (Å²) in [5.74, 6) is -1.01. The second kappa shape index (κ2) is 5.57. The van der Waals surface area contributed by atoms with Crippen LogP contribution in [0.4, 0.5) is 0 Å². The fourth-order valence-electron chi connectivity index (χ4n) is 1.15. The number of amides is 1. The summed E-state index contributed by atoms with van der Waals surface area (Å²) < 4.78 is 4.99. The highest BCUT2D eigenvalue weighted by Crippen LogP contribution is 2.03. The van der Waals surface area contributed by atoms with E-state index in [2.05, 4.69) is 15.3 Å². The maximum atomic E-state index is 11.7. The Kier molecular flexibility index (Phi) is 4.36. The minimum Gasteiger partial charge on any atom is -0.448 e. The van der Waals surface area contributed by atoms with Crippen molar-refractivity contribution in [2.45, 2.75) is 39.3 Å². The number of esters is 1. The average Bonchev–Trinajstić information content (AvgIpc) is 2.27. The number of carbonyl (C=O) groups excluding carboxylic acids is 2. The summed E-state index contributed by atoms with van der Waals surface area (Å²) in [4.78, 5) is 30.9. The van der Waals surface area contributed by atoms with Crippen molar-refractivity contribution in [3.05, 3.63) is 24.3 Å². The third-order valence-electron chi connectivity index (χ3n) is 1.92. The van der Waals surface area contributed by atoms with E-state index in [1.54, 1.807) is 0 Å². The molecule has 0 spiro atoms. The van der Waals surface area contributed by atoms with Crippen molar-refractivity contribution in [3.8, 4) is 0 Å². The summed E-state index contributed by atoms with van der Waals surface area (Å²) >= 11 is 0. The molecule has 1 unspecified atom stereocenters. The number of aromatic nitrogens is 2. The number of nitrogens with one attached hydrogen (secondary N) is 1. The Hall–Kier alpha value is -1.98. The lowest BCUT2D eigenvalue weighted by atomic mass is 10.1. The minimum atomic E-state index is -0.876. The van der Waals surface area contributed by atoms with Crippen molar-refractivity contribution in [1.82, 2.24) is 15.3 Å². The molecule has 0 aromatic carbocycles. The van der Waals surface area contributed by atoms with Crippen LogP contribution in [-0.4, -0.2) is 33.5 Å². The highest BCUT2D eigenvalue weighted by atomic mass is 16.5. The fourth-order valence-corrected chi connectivity index (χ4v) is 1.15. The van der Waals surface area contributed by atoms with Crippen LogP contribution < -0.4 is 5.32 Å². The van der Waals surface area contributed by atoms with Crippen LogP contribution in [0, 0.1) is 0 Å². The van der Waals surface area contributed by atoms with E-state index in [1.165, 1.54) is 25.5 Å². The molecule has 0 aliphatic rings. The summed E-state index contributed by atoms with van der Waals surface area (Å²) in [6, 6.07) is 0. The molecule has 0 aliphatic carbocycles. The van der Waals surface area contributed by atoms with E-state index < -0.39 is 12.1 Å². The van der Waals surface area contributed by atoms with Crippen molar-refractivity contribution in [2.75, 3.05) is 0 Å². The van der Waals surface area contributed by atoms with Gasteiger partial charge in [0.15, 0.2) is 11.8 Å². The number of carbonyl (C=O) groups is 2. The summed E-state index contributed by atoms with van der Waals surface area (Å²) in [5.41, 5.74) is -0.294. The second-order valence-corrected chi connectivity index (χ2v) is 4.88. The molecule has 0 saturated heterocycles. The zero-order valence-corrected chi connectivity index (χ0v) is 10.9. The standard InChI is InChI=1S/C12H17N3O3/c1-8(10(16)15-12(2,3)4)18-11(17)9-7-13-5-6-14-9/h5-8H,1-4H3,(H,15,16). The highest BCUT2D eigenvalue weighted by molar-refractivity contribution is 5.90. The van der Waals surface area contributed by atoms with Gasteiger partial charge in [-0.1, -0.05) is 0 Å². The summed E-state index contributed by atoms with van der Waals surface area (Å²) in [5, 5.41) is 2.72. The smallest absolute Gasteiger partial charge is 0.359 e. The second-order valence-electron chi connectivity index (χ2n) is 4.88. The van der Waals surface area contributed by atoms with Crippen LogP contribution in [0.25, 0.3) is 0 Å². The molecule has 6 nitrogen and oxygen atoms in total. The molecule has 18 heavy (non-hydrogen) atoms. The van der Waals surface area contributed by atoms with Gasteiger partial charge in [-0.3, -0.25) is 9.78 Å². The molecule has 1 amide bonds. The molecule has 0 bridgehead atoms. The van der Waals surface area contributed by atoms with Gasteiger partial charge in [0.2, 0.25) is 0 Å². The molecule has 1 atom stereocenters. The first-order chi connectivity index (χ1) is 8.29. The van der Waals surface area contributed by atoms with E-state index in [-0.39, 0.29) is 17.1 Å². The van der Waals surface area contributed by atoms with Gasteiger partial charge in [0.1, 0.15) is 0 Å². The van der Waals surface area contributed by atoms with Crippen LogP contribution in [0.1, 0.15) is 38.2 Å². The van der Waals surface area contributed by atoms with Gasteiger partial charge in [-0.15, -0.1) is 0 Å². The summed E-state index contributed by atoms with van der Waals surface area (Å²) in [7, 11) is 0. The molecule has 0 fully saturated rings. The van der Waals surface area contributed by atoms with Crippen molar-refractivity contribution in [2.24, 2.45) is 0 Å². The van der Waals surface area contributed by atoms with Gasteiger partial charge in [0.25, 0.3) is 5.91 Å². The Bertz CT molecular complexity index is 426. The monoisotopic (exact) mass is 251 g/mol. The Morgan fingerprint density at radius 1 is 1.33 bits per heavy atom. The van der Waals surface area contributed by atoms with Crippen LogP contribution >= 0.6 is 0 Å². The molecule has 6 heteroatoms. The Morgan fingerprint density at radius 3 is 2.50 bits per heavy atom. The third-order valence-corrected chi connectivity index (χ3v) is 1.92. The predicted molar refractivity (Wildman–Crippen MR) is 64.8 cm³/mol. The molecular weight excluding hydrogens is 234 g/mol. The SMILES string of the molecule is CC(OC(=O)c1cnccn1)C(=O)NC(C)(C)C. The zero-order chi connectivity index (χ0) is 13.8. The lowest BCUT2D eigenvalue weighted by molar-refractivity contribution is -0.130. The molecule has 98 valence electrons. The lowest BCUT2D eigenvalue weighted by Crippen LogP contribution is -2.46. The maximum Gasteiger partial charge on any atom is 0.359 e. The normalized spacial score (nSPS) is 12.7. The summed E-state index contributed by atoms with van der Waals surface area (Å²) in [6.07, 6.45) is 3.25. The minimum absolute atomic E-state index is 0.0768. The van der Waals surface area contributed by atoms with E-state index in [0.29, 0.717) is 0 Å². The number of nitrogens with zero attached hydrogens (tertiary/aromatic N) is 2. The molecule has 1 heterocycles. The van der Waals surface area contributed by atoms with Crippen molar-refractivity contribution >= 4 is 11.9 Å². The Morgan fingerprint density at radius 2 is 2.00 bits per heavy atom. The van der Waals surface area contributed by atoms with E-state index in [1.807, 2.05) is 20.8 Å². The quantitative estimate of drug-likeness (QED) is 0.808. The topological polar surface area (TPSA) is 81.2 Å². The molecule has 1 aromatic heterocycles. The van der Waals surface area contributed by atoms with Gasteiger partial charge in [-0.25, -0.2) is 9.78 Å². The van der Waals surface area contributed by atoms with Gasteiger partial charge in [0, 0.05) is 17.9 Å². The van der Waals surface area contributed by atoms with Crippen molar-refractivity contribution < 1.29 is 14.3 Å². The summed E-state index contributed by atoms with van der Waals surface area (Å²) in [6.45, 7) is 7.06. The average molecular weight is 251 g/mol. The molecule has 0 radical (unpaired) electrons. The number of hydrogen-bond acceptors (Lipinski definition) is 5. The van der Waals surface area contributed by atoms with Crippen LogP contribution in [-0.2, 0) is 9.53 Å². The van der Waals surface area contributed by atoms with Gasteiger partial charge >= 0.3 is 5.97 Å². The molecule has 0 saturated carbocycles. The van der Waals surface area contributed by atoms with Crippen LogP contribution in [0.5, 0.6) is 0 Å². The first kappa shape index (κ1) is 14.1. The van der Waals surface area contributed by atoms with E-state index in [4.69, 9.17) is 4.74 Å². The molecular formula is C12H17N3O3. The molecule has 1 N–H and O–H groups in total. The van der Waals surface area contributed by atoms with E-state index in [9.17, 15) is 9.59 Å². The highest BCUT2D eigenvalue weighted by Gasteiger charge is 2.23.